The summed E-state index contributed by atoms with van der Waals surface area (Å²) in [5.41, 5.74) is 0. The molecule has 19 heteroatoms. The van der Waals surface area contributed by atoms with Crippen LogP contribution < -0.4 is 5.32 Å². The van der Waals surface area contributed by atoms with Gasteiger partial charge in [0.1, 0.15) is 0 Å². The van der Waals surface area contributed by atoms with Gasteiger partial charge in [-0.05, 0) is 6.42 Å². The van der Waals surface area contributed by atoms with Gasteiger partial charge in [-0.1, -0.05) is 27.7 Å². The summed E-state index contributed by atoms with van der Waals surface area (Å²) in [5, 5.41) is 2.35. The van der Waals surface area contributed by atoms with E-state index in [1.165, 1.54) is 0 Å². The fourth-order valence-electron chi connectivity index (χ4n) is 2.85. The van der Waals surface area contributed by atoms with Crippen LogP contribution in [-0.2, 0) is 61.9 Å². The van der Waals surface area contributed by atoms with Crippen LogP contribution in [0.1, 0.15) is 66.2 Å². The third kappa shape index (κ3) is 21.0. The highest BCUT2D eigenvalue weighted by molar-refractivity contribution is 5.72. The van der Waals surface area contributed by atoms with Crippen molar-refractivity contribution in [3.8, 4) is 0 Å². The monoisotopic (exact) mass is 665 g/mol. The molecule has 0 saturated heterocycles. The van der Waals surface area contributed by atoms with Gasteiger partial charge in [0.15, 0.2) is 0 Å². The molecule has 0 aromatic rings. The average molecular weight is 666 g/mol. The molecule has 0 saturated carbocycles. The number of carbonyl (C=O) groups is 8. The lowest BCUT2D eigenvalue weighted by molar-refractivity contribution is -0.167. The van der Waals surface area contributed by atoms with Crippen LogP contribution in [0, 0.1) is 0 Å². The van der Waals surface area contributed by atoms with Gasteiger partial charge in [0.05, 0.1) is 0 Å². The van der Waals surface area contributed by atoms with Gasteiger partial charge in [-0.3, -0.25) is 24.0 Å². The molecule has 0 unspecified atom stereocenters. The van der Waals surface area contributed by atoms with Gasteiger partial charge in [-0.2, -0.15) is 0 Å². The van der Waals surface area contributed by atoms with Crippen molar-refractivity contribution in [2.24, 2.45) is 0 Å². The van der Waals surface area contributed by atoms with E-state index in [-0.39, 0.29) is 71.2 Å². The van der Waals surface area contributed by atoms with Crippen molar-refractivity contribution >= 4 is 48.1 Å². The number of hydrogen-bond donors (Lipinski definition) is 1. The van der Waals surface area contributed by atoms with E-state index in [4.69, 9.17) is 28.4 Å². The second kappa shape index (κ2) is 25.5. The summed E-state index contributed by atoms with van der Waals surface area (Å²) in [6.07, 6.45) is -2.68. The van der Waals surface area contributed by atoms with Gasteiger partial charge in [-0.15, -0.1) is 0 Å². The zero-order valence-electron chi connectivity index (χ0n) is 26.5. The lowest BCUT2D eigenvalue weighted by atomic mass is 10.3. The molecule has 3 amide bonds. The number of rotatable bonds is 22. The van der Waals surface area contributed by atoms with Gasteiger partial charge >= 0.3 is 48.1 Å². The quantitative estimate of drug-likeness (QED) is 0.0982. The van der Waals surface area contributed by atoms with Crippen LogP contribution in [-0.4, -0.2) is 118 Å². The van der Waals surface area contributed by atoms with Crippen molar-refractivity contribution < 1.29 is 76.3 Å². The number of hydrogen-bond acceptors (Lipinski definition) is 16. The van der Waals surface area contributed by atoms with Crippen molar-refractivity contribution in [1.82, 2.24) is 15.1 Å². The number of alkyl carbamates (subject to hydrolysis) is 1. The molecule has 0 aromatic carbocycles. The molecule has 0 heterocycles. The molecule has 0 rings (SSSR count). The van der Waals surface area contributed by atoms with Crippen LogP contribution in [0.3, 0.4) is 0 Å². The lowest BCUT2D eigenvalue weighted by Crippen LogP contribution is -2.45. The largest absolute Gasteiger partial charge is 0.428 e. The fourth-order valence-corrected chi connectivity index (χ4v) is 2.85. The van der Waals surface area contributed by atoms with Gasteiger partial charge in [-0.25, -0.2) is 14.4 Å². The average Bonchev–Trinajstić information content (AvgIpc) is 3.04. The zero-order chi connectivity index (χ0) is 34.7. The molecule has 262 valence electrons. The molecule has 0 fully saturated rings. The standard InChI is InChI=1S/C27H43N3O16/c1-5-20(31)39-16-43-24(35)10-9-12-29(26(37)45-18-41-22(33)7-3)14-15-30(27(38)46-19-42-23(34)8-4)13-11-28-25(36)44-17-40-21(32)6-2/h5-19H2,1-4H3,(H,28,36). The number of carbonyl (C=O) groups excluding carboxylic acids is 8. The predicted octanol–water partition coefficient (Wildman–Crippen LogP) is 1.56. The first kappa shape index (κ1) is 41.2. The first-order valence-electron chi connectivity index (χ1n) is 14.5. The van der Waals surface area contributed by atoms with E-state index < -0.39 is 75.3 Å². The Morgan fingerprint density at radius 3 is 1.26 bits per heavy atom. The van der Waals surface area contributed by atoms with E-state index in [1.54, 1.807) is 27.7 Å². The van der Waals surface area contributed by atoms with Crippen LogP contribution in [0.4, 0.5) is 14.4 Å². The Labute approximate surface area is 265 Å². The normalized spacial score (nSPS) is 10.0. The van der Waals surface area contributed by atoms with Crippen molar-refractivity contribution in [3.63, 3.8) is 0 Å². The van der Waals surface area contributed by atoms with Crippen molar-refractivity contribution in [1.29, 1.82) is 0 Å². The zero-order valence-corrected chi connectivity index (χ0v) is 26.5. The fraction of sp³-hybridized carbons (Fsp3) is 0.704. The molecule has 0 radical (unpaired) electrons. The van der Waals surface area contributed by atoms with Gasteiger partial charge < -0.3 is 53.0 Å². The molecule has 0 spiro atoms. The van der Waals surface area contributed by atoms with Crippen molar-refractivity contribution in [3.05, 3.63) is 0 Å². The minimum absolute atomic E-state index is 0.0446. The summed E-state index contributed by atoms with van der Waals surface area (Å²) in [5.74, 6) is -3.07. The number of nitrogens with zero attached hydrogens (tertiary/aromatic N) is 2. The molecular weight excluding hydrogens is 622 g/mol. The van der Waals surface area contributed by atoms with E-state index in [9.17, 15) is 38.4 Å². The second-order valence-electron chi connectivity index (χ2n) is 8.72. The van der Waals surface area contributed by atoms with Gasteiger partial charge in [0, 0.05) is 64.8 Å². The van der Waals surface area contributed by atoms with E-state index >= 15 is 0 Å². The van der Waals surface area contributed by atoms with Crippen molar-refractivity contribution in [2.75, 3.05) is 59.9 Å². The molecule has 0 aliphatic rings. The van der Waals surface area contributed by atoms with Crippen LogP contribution in [0.5, 0.6) is 0 Å². The second-order valence-corrected chi connectivity index (χ2v) is 8.72. The van der Waals surface area contributed by atoms with Crippen molar-refractivity contribution in [2.45, 2.75) is 66.2 Å². The molecule has 0 aliphatic heterocycles. The molecule has 0 aliphatic carbocycles. The SMILES string of the molecule is CCC(=O)OCOC(=O)CCCN(CCN(CCNC(=O)OCOC(=O)CC)C(=O)OCOC(=O)CC)C(=O)OCOC(=O)CC. The maximum absolute atomic E-state index is 12.7. The summed E-state index contributed by atoms with van der Waals surface area (Å²) < 4.78 is 38.3. The Kier molecular flexibility index (Phi) is 22.8. The molecule has 0 bridgehead atoms. The van der Waals surface area contributed by atoms with Crippen LogP contribution >= 0.6 is 0 Å². The van der Waals surface area contributed by atoms with E-state index in [0.717, 1.165) is 9.80 Å². The molecule has 1 N–H and O–H groups in total. The molecule has 46 heavy (non-hydrogen) atoms. The highest BCUT2D eigenvalue weighted by Crippen LogP contribution is 2.04. The van der Waals surface area contributed by atoms with E-state index in [2.05, 4.69) is 14.8 Å². The highest BCUT2D eigenvalue weighted by Gasteiger charge is 2.22. The van der Waals surface area contributed by atoms with E-state index in [1.807, 2.05) is 0 Å². The summed E-state index contributed by atoms with van der Waals surface area (Å²) in [4.78, 5) is 96.6. The summed E-state index contributed by atoms with van der Waals surface area (Å²) >= 11 is 0. The first-order valence-corrected chi connectivity index (χ1v) is 14.5. The Bertz CT molecular complexity index is 927. The number of ether oxygens (including phenoxy) is 8. The summed E-state index contributed by atoms with van der Waals surface area (Å²) in [6.45, 7) is 2.86. The summed E-state index contributed by atoms with van der Waals surface area (Å²) in [6, 6.07) is 0. The Hall–Kier alpha value is -4.84. The maximum Gasteiger partial charge on any atom is 0.412 e. The minimum atomic E-state index is -0.966. The highest BCUT2D eigenvalue weighted by atomic mass is 16.7. The molecule has 0 aromatic heterocycles. The number of esters is 5. The Balaban J connectivity index is 5.32. The van der Waals surface area contributed by atoms with Crippen LogP contribution in [0.2, 0.25) is 0 Å². The van der Waals surface area contributed by atoms with E-state index in [0.29, 0.717) is 0 Å². The third-order valence-electron chi connectivity index (χ3n) is 5.43. The summed E-state index contributed by atoms with van der Waals surface area (Å²) in [7, 11) is 0. The lowest BCUT2D eigenvalue weighted by Gasteiger charge is -2.27. The van der Waals surface area contributed by atoms with Crippen LogP contribution in [0.25, 0.3) is 0 Å². The number of nitrogens with one attached hydrogen (secondary N) is 1. The first-order chi connectivity index (χ1) is 22.0. The Morgan fingerprint density at radius 2 is 0.826 bits per heavy atom. The van der Waals surface area contributed by atoms with Crippen LogP contribution in [0.15, 0.2) is 0 Å². The molecule has 19 nitrogen and oxygen atoms in total. The topological polar surface area (TPSA) is 229 Å². The predicted molar refractivity (Wildman–Crippen MR) is 151 cm³/mol. The maximum atomic E-state index is 12.7. The molecular formula is C27H43N3O16. The van der Waals surface area contributed by atoms with Gasteiger partial charge in [0.2, 0.25) is 27.2 Å². The smallest absolute Gasteiger partial charge is 0.412 e. The number of amides is 3. The molecule has 0 atom stereocenters. The Morgan fingerprint density at radius 1 is 0.457 bits per heavy atom. The minimum Gasteiger partial charge on any atom is -0.428 e. The third-order valence-corrected chi connectivity index (χ3v) is 5.43. The van der Waals surface area contributed by atoms with Gasteiger partial charge in [0.25, 0.3) is 0 Å².